The number of benzene rings is 1. The Kier molecular flexibility index (Phi) is 5.19. The van der Waals surface area contributed by atoms with Gasteiger partial charge in [0.2, 0.25) is 11.8 Å². The Labute approximate surface area is 147 Å². The lowest BCUT2D eigenvalue weighted by Gasteiger charge is -2.23. The molecule has 0 spiro atoms. The van der Waals surface area contributed by atoms with Crippen LogP contribution in [-0.2, 0) is 9.59 Å². The molecule has 1 N–H and O–H groups in total. The summed E-state index contributed by atoms with van der Waals surface area (Å²) in [5, 5.41) is 2.97. The predicted octanol–water partition coefficient (Wildman–Crippen LogP) is 2.05. The van der Waals surface area contributed by atoms with Gasteiger partial charge in [0.15, 0.2) is 0 Å². The third-order valence-corrected chi connectivity index (χ3v) is 4.53. The Morgan fingerprint density at radius 2 is 2.04 bits per heavy atom. The zero-order valence-corrected chi connectivity index (χ0v) is 14.5. The van der Waals surface area contributed by atoms with Gasteiger partial charge in [-0.05, 0) is 38.4 Å². The van der Waals surface area contributed by atoms with Crippen LogP contribution in [0.2, 0.25) is 0 Å². The average Bonchev–Trinajstić information content (AvgIpc) is 3.25. The average molecular weight is 341 g/mol. The summed E-state index contributed by atoms with van der Waals surface area (Å²) in [5.41, 5.74) is 0.838. The van der Waals surface area contributed by atoms with E-state index in [0.717, 1.165) is 11.4 Å². The first-order chi connectivity index (χ1) is 12.1. The van der Waals surface area contributed by atoms with Crippen molar-refractivity contribution in [3.63, 3.8) is 0 Å². The van der Waals surface area contributed by atoms with Crippen molar-refractivity contribution in [3.8, 4) is 0 Å². The van der Waals surface area contributed by atoms with E-state index in [4.69, 9.17) is 4.42 Å². The molecule has 3 rings (SSSR count). The van der Waals surface area contributed by atoms with Gasteiger partial charge in [-0.1, -0.05) is 18.2 Å². The van der Waals surface area contributed by atoms with Crippen molar-refractivity contribution in [1.29, 1.82) is 0 Å². The number of carbonyl (C=O) groups is 2. The molecule has 2 atom stereocenters. The van der Waals surface area contributed by atoms with Crippen LogP contribution < -0.4 is 10.2 Å². The fourth-order valence-electron chi connectivity index (χ4n) is 3.10. The zero-order chi connectivity index (χ0) is 17.8. The minimum Gasteiger partial charge on any atom is -0.468 e. The largest absolute Gasteiger partial charge is 0.468 e. The zero-order valence-electron chi connectivity index (χ0n) is 14.5. The van der Waals surface area contributed by atoms with Crippen LogP contribution in [-0.4, -0.2) is 43.9 Å². The van der Waals surface area contributed by atoms with Gasteiger partial charge in [-0.2, -0.15) is 0 Å². The molecule has 0 saturated carbocycles. The van der Waals surface area contributed by atoms with Crippen LogP contribution in [0.1, 0.15) is 18.2 Å². The number of likely N-dealkylation sites (N-methyl/N-ethyl adjacent to an activating group) is 1. The van der Waals surface area contributed by atoms with Crippen LogP contribution in [0.15, 0.2) is 53.1 Å². The number of furan rings is 1. The fraction of sp³-hybridized carbons (Fsp3) is 0.368. The second kappa shape index (κ2) is 7.53. The lowest BCUT2D eigenvalue weighted by atomic mass is 10.1. The van der Waals surface area contributed by atoms with E-state index in [2.05, 4.69) is 5.32 Å². The molecular weight excluding hydrogens is 318 g/mol. The Bertz CT molecular complexity index is 713. The van der Waals surface area contributed by atoms with Crippen molar-refractivity contribution < 1.29 is 14.0 Å². The summed E-state index contributed by atoms with van der Waals surface area (Å²) in [6.45, 7) is 0.859. The topological polar surface area (TPSA) is 65.8 Å². The minimum absolute atomic E-state index is 0.0125. The van der Waals surface area contributed by atoms with Crippen molar-refractivity contribution in [2.75, 3.05) is 32.1 Å². The molecule has 1 saturated heterocycles. The van der Waals surface area contributed by atoms with E-state index in [1.807, 2.05) is 61.5 Å². The second-order valence-corrected chi connectivity index (χ2v) is 6.48. The SMILES string of the molecule is CN(C)C(CNC(=O)C1CC(=O)N(c2ccccc2)C1)c1ccco1. The molecule has 6 nitrogen and oxygen atoms in total. The number of rotatable bonds is 6. The molecule has 25 heavy (non-hydrogen) atoms. The number of carbonyl (C=O) groups excluding carboxylic acids is 2. The second-order valence-electron chi connectivity index (χ2n) is 6.48. The summed E-state index contributed by atoms with van der Waals surface area (Å²) >= 11 is 0. The van der Waals surface area contributed by atoms with Gasteiger partial charge in [0, 0.05) is 25.2 Å². The fourth-order valence-corrected chi connectivity index (χ4v) is 3.10. The Hall–Kier alpha value is -2.60. The number of amides is 2. The minimum atomic E-state index is -0.327. The Morgan fingerprint density at radius 1 is 1.28 bits per heavy atom. The van der Waals surface area contributed by atoms with Crippen molar-refractivity contribution >= 4 is 17.5 Å². The van der Waals surface area contributed by atoms with Crippen LogP contribution in [0.25, 0.3) is 0 Å². The molecule has 1 aliphatic rings. The summed E-state index contributed by atoms with van der Waals surface area (Å²) in [6, 6.07) is 13.1. The molecule has 2 amide bonds. The molecule has 2 unspecified atom stereocenters. The lowest BCUT2D eigenvalue weighted by Crippen LogP contribution is -2.38. The number of hydrogen-bond acceptors (Lipinski definition) is 4. The van der Waals surface area contributed by atoms with E-state index in [9.17, 15) is 9.59 Å². The van der Waals surface area contributed by atoms with Gasteiger partial charge in [-0.15, -0.1) is 0 Å². The quantitative estimate of drug-likeness (QED) is 0.873. The normalized spacial score (nSPS) is 18.6. The van der Waals surface area contributed by atoms with Gasteiger partial charge in [0.1, 0.15) is 5.76 Å². The highest BCUT2D eigenvalue weighted by Gasteiger charge is 2.35. The molecule has 1 fully saturated rings. The highest BCUT2D eigenvalue weighted by Crippen LogP contribution is 2.25. The van der Waals surface area contributed by atoms with Crippen molar-refractivity contribution in [3.05, 3.63) is 54.5 Å². The van der Waals surface area contributed by atoms with Crippen molar-refractivity contribution in [1.82, 2.24) is 10.2 Å². The molecule has 0 bridgehead atoms. The smallest absolute Gasteiger partial charge is 0.227 e. The van der Waals surface area contributed by atoms with E-state index in [0.29, 0.717) is 13.1 Å². The number of para-hydroxylation sites is 1. The molecule has 2 aromatic rings. The third kappa shape index (κ3) is 3.91. The molecule has 1 aliphatic heterocycles. The maximum Gasteiger partial charge on any atom is 0.227 e. The predicted molar refractivity (Wildman–Crippen MR) is 95.0 cm³/mol. The van der Waals surface area contributed by atoms with Crippen molar-refractivity contribution in [2.45, 2.75) is 12.5 Å². The highest BCUT2D eigenvalue weighted by molar-refractivity contribution is 6.00. The molecule has 0 aliphatic carbocycles. The number of nitrogens with one attached hydrogen (secondary N) is 1. The maximum atomic E-state index is 12.5. The summed E-state index contributed by atoms with van der Waals surface area (Å²) < 4.78 is 5.45. The van der Waals surface area contributed by atoms with Crippen LogP contribution in [0.5, 0.6) is 0 Å². The van der Waals surface area contributed by atoms with Crippen LogP contribution in [0.3, 0.4) is 0 Å². The van der Waals surface area contributed by atoms with Crippen LogP contribution in [0, 0.1) is 5.92 Å². The summed E-state index contributed by atoms with van der Waals surface area (Å²) in [5.74, 6) is 0.373. The van der Waals surface area contributed by atoms with Gasteiger partial charge >= 0.3 is 0 Å². The molecule has 2 heterocycles. The van der Waals surface area contributed by atoms with Gasteiger partial charge < -0.3 is 14.6 Å². The summed E-state index contributed by atoms with van der Waals surface area (Å²) in [4.78, 5) is 28.4. The number of nitrogens with zero attached hydrogens (tertiary/aromatic N) is 2. The molecule has 132 valence electrons. The van der Waals surface area contributed by atoms with E-state index < -0.39 is 0 Å². The number of anilines is 1. The van der Waals surface area contributed by atoms with E-state index in [1.165, 1.54) is 0 Å². The van der Waals surface area contributed by atoms with Gasteiger partial charge in [0.25, 0.3) is 0 Å². The van der Waals surface area contributed by atoms with Gasteiger partial charge in [-0.3, -0.25) is 14.5 Å². The first-order valence-corrected chi connectivity index (χ1v) is 8.39. The molecule has 6 heteroatoms. The maximum absolute atomic E-state index is 12.5. The lowest BCUT2D eigenvalue weighted by molar-refractivity contribution is -0.126. The van der Waals surface area contributed by atoms with Crippen LogP contribution in [0.4, 0.5) is 5.69 Å². The Balaban J connectivity index is 1.59. The van der Waals surface area contributed by atoms with E-state index in [-0.39, 0.29) is 30.2 Å². The third-order valence-electron chi connectivity index (χ3n) is 4.53. The Morgan fingerprint density at radius 3 is 2.68 bits per heavy atom. The van der Waals surface area contributed by atoms with E-state index in [1.54, 1.807) is 11.2 Å². The van der Waals surface area contributed by atoms with Crippen LogP contribution >= 0.6 is 0 Å². The monoisotopic (exact) mass is 341 g/mol. The molecular formula is C19H23N3O3. The van der Waals surface area contributed by atoms with Crippen molar-refractivity contribution in [2.24, 2.45) is 5.92 Å². The number of hydrogen-bond donors (Lipinski definition) is 1. The van der Waals surface area contributed by atoms with Gasteiger partial charge in [-0.25, -0.2) is 0 Å². The molecule has 1 aromatic carbocycles. The van der Waals surface area contributed by atoms with Gasteiger partial charge in [0.05, 0.1) is 18.2 Å². The molecule has 0 radical (unpaired) electrons. The van der Waals surface area contributed by atoms with E-state index >= 15 is 0 Å². The summed E-state index contributed by atoms with van der Waals surface area (Å²) in [7, 11) is 3.88. The standard InChI is InChI=1S/C19H23N3O3/c1-21(2)16(17-9-6-10-25-17)12-20-19(24)14-11-18(23)22(13-14)15-7-4-3-5-8-15/h3-10,14,16H,11-13H2,1-2H3,(H,20,24). The molecule has 1 aromatic heterocycles. The first kappa shape index (κ1) is 17.2. The highest BCUT2D eigenvalue weighted by atomic mass is 16.3. The first-order valence-electron chi connectivity index (χ1n) is 8.39. The summed E-state index contributed by atoms with van der Waals surface area (Å²) in [6.07, 6.45) is 1.87.